The van der Waals surface area contributed by atoms with Crippen molar-refractivity contribution in [3.8, 4) is 0 Å². The van der Waals surface area contributed by atoms with E-state index < -0.39 is 0 Å². The molecule has 0 spiro atoms. The third-order valence-corrected chi connectivity index (χ3v) is 4.23. The van der Waals surface area contributed by atoms with Gasteiger partial charge in [0.15, 0.2) is 0 Å². The predicted octanol–water partition coefficient (Wildman–Crippen LogP) is 2.01. The Hall–Kier alpha value is -2.14. The molecule has 1 aliphatic heterocycles. The molecule has 5 nitrogen and oxygen atoms in total. The smallest absolute Gasteiger partial charge is 0.242 e. The van der Waals surface area contributed by atoms with Crippen molar-refractivity contribution in [3.05, 3.63) is 42.0 Å². The zero-order chi connectivity index (χ0) is 18.1. The summed E-state index contributed by atoms with van der Waals surface area (Å²) in [6.45, 7) is 8.16. The molecule has 1 N–H and O–H groups in total. The second-order valence-corrected chi connectivity index (χ2v) is 6.87. The Labute approximate surface area is 150 Å². The van der Waals surface area contributed by atoms with E-state index in [0.29, 0.717) is 12.3 Å². The third kappa shape index (κ3) is 7.10. The van der Waals surface area contributed by atoms with Crippen molar-refractivity contribution in [2.75, 3.05) is 39.3 Å². The second kappa shape index (κ2) is 9.99. The largest absolute Gasteiger partial charge is 0.347 e. The van der Waals surface area contributed by atoms with Crippen molar-refractivity contribution < 1.29 is 9.59 Å². The fraction of sp³-hybridized carbons (Fsp3) is 0.500. The van der Waals surface area contributed by atoms with E-state index in [1.54, 1.807) is 0 Å². The van der Waals surface area contributed by atoms with Crippen LogP contribution in [0.3, 0.4) is 0 Å². The van der Waals surface area contributed by atoms with Gasteiger partial charge in [0, 0.05) is 39.1 Å². The molecule has 1 heterocycles. The summed E-state index contributed by atoms with van der Waals surface area (Å²) < 4.78 is 0. The van der Waals surface area contributed by atoms with Gasteiger partial charge in [0.2, 0.25) is 11.8 Å². The molecule has 1 aliphatic rings. The molecule has 0 radical (unpaired) electrons. The lowest BCUT2D eigenvalue weighted by Crippen LogP contribution is -2.51. The lowest BCUT2D eigenvalue weighted by molar-refractivity contribution is -0.134. The van der Waals surface area contributed by atoms with Gasteiger partial charge in [-0.25, -0.2) is 0 Å². The highest BCUT2D eigenvalue weighted by atomic mass is 16.2. The molecule has 0 aromatic heterocycles. The Morgan fingerprint density at radius 2 is 1.80 bits per heavy atom. The zero-order valence-corrected chi connectivity index (χ0v) is 15.3. The summed E-state index contributed by atoms with van der Waals surface area (Å²) in [7, 11) is 0. The number of rotatable bonds is 7. The molecule has 25 heavy (non-hydrogen) atoms. The molecule has 0 aliphatic carbocycles. The molecular weight excluding hydrogens is 314 g/mol. The van der Waals surface area contributed by atoms with Gasteiger partial charge in [-0.15, -0.1) is 0 Å². The Balaban J connectivity index is 1.66. The van der Waals surface area contributed by atoms with Crippen molar-refractivity contribution in [3.63, 3.8) is 0 Å². The van der Waals surface area contributed by atoms with Crippen molar-refractivity contribution in [1.82, 2.24) is 15.1 Å². The number of carbonyl (C=O) groups is 2. The average Bonchev–Trinajstić information content (AvgIpc) is 2.60. The van der Waals surface area contributed by atoms with Gasteiger partial charge < -0.3 is 10.2 Å². The van der Waals surface area contributed by atoms with Crippen LogP contribution in [0.15, 0.2) is 36.4 Å². The highest BCUT2D eigenvalue weighted by Gasteiger charge is 2.20. The lowest BCUT2D eigenvalue weighted by atomic mass is 10.1. The van der Waals surface area contributed by atoms with Gasteiger partial charge in [0.25, 0.3) is 0 Å². The molecule has 0 unspecified atom stereocenters. The molecule has 0 saturated carbocycles. The van der Waals surface area contributed by atoms with Gasteiger partial charge in [-0.3, -0.25) is 14.5 Å². The molecule has 5 heteroatoms. The maximum absolute atomic E-state index is 12.2. The highest BCUT2D eigenvalue weighted by Crippen LogP contribution is 2.05. The first-order valence-electron chi connectivity index (χ1n) is 9.03. The molecule has 1 fully saturated rings. The number of nitrogens with one attached hydrogen (secondary N) is 1. The van der Waals surface area contributed by atoms with Crippen LogP contribution in [-0.4, -0.2) is 60.9 Å². The Morgan fingerprint density at radius 1 is 1.12 bits per heavy atom. The Kier molecular flexibility index (Phi) is 7.67. The fourth-order valence-electron chi connectivity index (χ4n) is 2.81. The van der Waals surface area contributed by atoms with Crippen LogP contribution >= 0.6 is 0 Å². The van der Waals surface area contributed by atoms with Crippen molar-refractivity contribution in [2.24, 2.45) is 5.92 Å². The Bertz CT molecular complexity index is 576. The van der Waals surface area contributed by atoms with Gasteiger partial charge in [-0.05, 0) is 11.5 Å². The standard InChI is InChI=1S/C20H29N3O2/c1-17(2)15-19(24)21-16-20(25)23-13-11-22(12-14-23)10-6-9-18-7-4-3-5-8-18/h3-9,17H,10-16H2,1-2H3,(H,21,24)/b9-6+. The second-order valence-electron chi connectivity index (χ2n) is 6.87. The maximum atomic E-state index is 12.2. The van der Waals surface area contributed by atoms with Crippen LogP contribution in [0.4, 0.5) is 0 Å². The van der Waals surface area contributed by atoms with Gasteiger partial charge >= 0.3 is 0 Å². The van der Waals surface area contributed by atoms with Crippen LogP contribution in [0.25, 0.3) is 6.08 Å². The van der Waals surface area contributed by atoms with Gasteiger partial charge in [0.1, 0.15) is 0 Å². The number of nitrogens with zero attached hydrogens (tertiary/aromatic N) is 2. The zero-order valence-electron chi connectivity index (χ0n) is 15.3. The van der Waals surface area contributed by atoms with E-state index in [1.165, 1.54) is 5.56 Å². The summed E-state index contributed by atoms with van der Waals surface area (Å²) in [5.74, 6) is 0.271. The normalized spacial score (nSPS) is 15.7. The minimum Gasteiger partial charge on any atom is -0.347 e. The molecule has 1 aromatic carbocycles. The first-order chi connectivity index (χ1) is 12.0. The monoisotopic (exact) mass is 343 g/mol. The lowest BCUT2D eigenvalue weighted by Gasteiger charge is -2.34. The number of hydrogen-bond donors (Lipinski definition) is 1. The predicted molar refractivity (Wildman–Crippen MR) is 101 cm³/mol. The summed E-state index contributed by atoms with van der Waals surface area (Å²) in [6.07, 6.45) is 4.76. The first-order valence-corrected chi connectivity index (χ1v) is 9.03. The molecule has 2 amide bonds. The molecule has 0 atom stereocenters. The number of piperazine rings is 1. The van der Waals surface area contributed by atoms with Crippen molar-refractivity contribution in [1.29, 1.82) is 0 Å². The minimum atomic E-state index is -0.0481. The number of hydrogen-bond acceptors (Lipinski definition) is 3. The quantitative estimate of drug-likeness (QED) is 0.824. The van der Waals surface area contributed by atoms with Crippen molar-refractivity contribution >= 4 is 17.9 Å². The SMILES string of the molecule is CC(C)CC(=O)NCC(=O)N1CCN(C/C=C/c2ccccc2)CC1. The van der Waals surface area contributed by atoms with E-state index in [0.717, 1.165) is 32.7 Å². The molecule has 136 valence electrons. The van der Waals surface area contributed by atoms with Crippen LogP contribution in [0.2, 0.25) is 0 Å². The summed E-state index contributed by atoms with van der Waals surface area (Å²) >= 11 is 0. The molecule has 2 rings (SSSR count). The summed E-state index contributed by atoms with van der Waals surface area (Å²) in [6, 6.07) is 10.2. The fourth-order valence-corrected chi connectivity index (χ4v) is 2.81. The average molecular weight is 343 g/mol. The summed E-state index contributed by atoms with van der Waals surface area (Å²) in [5, 5.41) is 2.72. The van der Waals surface area contributed by atoms with Gasteiger partial charge in [-0.2, -0.15) is 0 Å². The van der Waals surface area contributed by atoms with E-state index in [4.69, 9.17) is 0 Å². The number of benzene rings is 1. The molecular formula is C20H29N3O2. The molecule has 1 aromatic rings. The number of carbonyl (C=O) groups excluding carboxylic acids is 2. The topological polar surface area (TPSA) is 52.7 Å². The van der Waals surface area contributed by atoms with Crippen LogP contribution < -0.4 is 5.32 Å². The van der Waals surface area contributed by atoms with Crippen LogP contribution in [-0.2, 0) is 9.59 Å². The van der Waals surface area contributed by atoms with Gasteiger partial charge in [-0.1, -0.05) is 56.3 Å². The Morgan fingerprint density at radius 3 is 2.44 bits per heavy atom. The maximum Gasteiger partial charge on any atom is 0.242 e. The summed E-state index contributed by atoms with van der Waals surface area (Å²) in [4.78, 5) is 28.0. The summed E-state index contributed by atoms with van der Waals surface area (Å²) in [5.41, 5.74) is 1.20. The third-order valence-electron chi connectivity index (χ3n) is 4.23. The van der Waals surface area contributed by atoms with Crippen LogP contribution in [0, 0.1) is 5.92 Å². The van der Waals surface area contributed by atoms with Crippen molar-refractivity contribution in [2.45, 2.75) is 20.3 Å². The first kappa shape index (κ1) is 19.2. The van der Waals surface area contributed by atoms with E-state index in [9.17, 15) is 9.59 Å². The number of amides is 2. The van der Waals surface area contributed by atoms with E-state index in [2.05, 4.69) is 34.5 Å². The van der Waals surface area contributed by atoms with Gasteiger partial charge in [0.05, 0.1) is 6.54 Å². The van der Waals surface area contributed by atoms with E-state index in [1.807, 2.05) is 36.9 Å². The van der Waals surface area contributed by atoms with Crippen LogP contribution in [0.5, 0.6) is 0 Å². The molecule has 1 saturated heterocycles. The highest BCUT2D eigenvalue weighted by molar-refractivity contribution is 5.84. The van der Waals surface area contributed by atoms with E-state index >= 15 is 0 Å². The molecule has 0 bridgehead atoms. The van der Waals surface area contributed by atoms with E-state index in [-0.39, 0.29) is 18.4 Å². The minimum absolute atomic E-state index is 0.0107. The van der Waals surface area contributed by atoms with Crippen LogP contribution in [0.1, 0.15) is 25.8 Å².